The Labute approximate surface area is 110 Å². The van der Waals surface area contributed by atoms with Crippen LogP contribution >= 0.6 is 0 Å². The lowest BCUT2D eigenvalue weighted by atomic mass is 9.98. The molecule has 0 spiro atoms. The predicted octanol–water partition coefficient (Wildman–Crippen LogP) is 2.21. The van der Waals surface area contributed by atoms with Gasteiger partial charge in [0.05, 0.1) is 19.1 Å². The van der Waals surface area contributed by atoms with E-state index in [9.17, 15) is 26.7 Å². The molecule has 1 aromatic heterocycles. The Bertz CT molecular complexity index is 502. The van der Waals surface area contributed by atoms with Crippen molar-refractivity contribution in [2.45, 2.75) is 25.6 Å². The number of nitrogens with zero attached hydrogens (tertiary/aromatic N) is 1. The van der Waals surface area contributed by atoms with E-state index in [2.05, 4.69) is 9.72 Å². The molecule has 1 rings (SSSR count). The zero-order valence-electron chi connectivity index (χ0n) is 10.3. The molecule has 4 nitrogen and oxygen atoms in total. The summed E-state index contributed by atoms with van der Waals surface area (Å²) in [4.78, 5) is 14.2. The number of alkyl halides is 5. The van der Waals surface area contributed by atoms with Gasteiger partial charge in [-0.1, -0.05) is 0 Å². The molecule has 0 radical (unpaired) electrons. The van der Waals surface area contributed by atoms with Gasteiger partial charge in [0, 0.05) is 12.7 Å². The Hall–Kier alpha value is -1.77. The van der Waals surface area contributed by atoms with E-state index in [4.69, 9.17) is 5.73 Å². The second kappa shape index (κ2) is 6.12. The van der Waals surface area contributed by atoms with Crippen molar-refractivity contribution in [3.8, 4) is 0 Å². The third kappa shape index (κ3) is 3.41. The summed E-state index contributed by atoms with van der Waals surface area (Å²) in [5.41, 5.74) is 1.47. The van der Waals surface area contributed by atoms with Gasteiger partial charge in [0.15, 0.2) is 0 Å². The summed E-state index contributed by atoms with van der Waals surface area (Å²) in [7, 11) is 1.05. The Morgan fingerprint density at radius 1 is 1.45 bits per heavy atom. The Kier molecular flexibility index (Phi) is 4.98. The average molecular weight is 298 g/mol. The van der Waals surface area contributed by atoms with Crippen LogP contribution in [0.1, 0.15) is 28.8 Å². The number of carbonyl (C=O) groups is 1. The fraction of sp³-hybridized carbons (Fsp3) is 0.455. The molecule has 1 heterocycles. The van der Waals surface area contributed by atoms with Gasteiger partial charge < -0.3 is 10.5 Å². The smallest absolute Gasteiger partial charge is 0.418 e. The van der Waals surface area contributed by atoms with Gasteiger partial charge in [0.2, 0.25) is 0 Å². The van der Waals surface area contributed by atoms with E-state index in [0.29, 0.717) is 0 Å². The number of hydrogen-bond acceptors (Lipinski definition) is 4. The molecule has 1 aromatic rings. The van der Waals surface area contributed by atoms with Crippen molar-refractivity contribution in [1.29, 1.82) is 0 Å². The molecular weight excluding hydrogens is 287 g/mol. The van der Waals surface area contributed by atoms with Gasteiger partial charge in [0.1, 0.15) is 5.69 Å². The van der Waals surface area contributed by atoms with E-state index < -0.39 is 48.4 Å². The number of rotatable bonds is 4. The summed E-state index contributed by atoms with van der Waals surface area (Å²) in [6.45, 7) is -0.649. The van der Waals surface area contributed by atoms with Crippen molar-refractivity contribution >= 4 is 5.97 Å². The lowest BCUT2D eigenvalue weighted by molar-refractivity contribution is -0.142. The highest BCUT2D eigenvalue weighted by molar-refractivity contribution is 5.73. The number of halogens is 5. The van der Waals surface area contributed by atoms with E-state index in [-0.39, 0.29) is 5.56 Å². The maximum atomic E-state index is 12.9. The quantitative estimate of drug-likeness (QED) is 0.683. The van der Waals surface area contributed by atoms with Crippen LogP contribution in [0.25, 0.3) is 0 Å². The Balaban J connectivity index is 3.48. The highest BCUT2D eigenvalue weighted by Gasteiger charge is 2.40. The SMILES string of the molecule is COC(=O)Cc1cnc(C(F)F)c(C(F)(F)F)c1CN. The summed E-state index contributed by atoms with van der Waals surface area (Å²) >= 11 is 0. The molecule has 0 amide bonds. The number of nitrogens with two attached hydrogens (primary N) is 1. The van der Waals surface area contributed by atoms with E-state index in [1.165, 1.54) is 0 Å². The van der Waals surface area contributed by atoms with Crippen LogP contribution in [0.2, 0.25) is 0 Å². The third-order valence-electron chi connectivity index (χ3n) is 2.56. The van der Waals surface area contributed by atoms with Crippen LogP contribution in [-0.2, 0) is 28.7 Å². The van der Waals surface area contributed by atoms with E-state index >= 15 is 0 Å². The predicted molar refractivity (Wildman–Crippen MR) is 57.8 cm³/mol. The number of carbonyl (C=O) groups excluding carboxylic acids is 1. The zero-order chi connectivity index (χ0) is 15.5. The van der Waals surface area contributed by atoms with Gasteiger partial charge in [0.25, 0.3) is 6.43 Å². The first kappa shape index (κ1) is 16.3. The minimum absolute atomic E-state index is 0.184. The van der Waals surface area contributed by atoms with Gasteiger partial charge in [-0.2, -0.15) is 13.2 Å². The molecular formula is C11H11F5N2O2. The van der Waals surface area contributed by atoms with Crippen LogP contribution in [0, 0.1) is 0 Å². The molecule has 0 saturated carbocycles. The first-order valence-electron chi connectivity index (χ1n) is 5.35. The molecule has 0 bridgehead atoms. The van der Waals surface area contributed by atoms with Crippen LogP contribution in [0.15, 0.2) is 6.20 Å². The molecule has 9 heteroatoms. The molecule has 0 atom stereocenters. The van der Waals surface area contributed by atoms with Crippen molar-refractivity contribution in [2.75, 3.05) is 7.11 Å². The maximum Gasteiger partial charge on any atom is 0.418 e. The second-order valence-electron chi connectivity index (χ2n) is 3.78. The van der Waals surface area contributed by atoms with Gasteiger partial charge in [-0.05, 0) is 11.1 Å². The highest BCUT2D eigenvalue weighted by Crippen LogP contribution is 2.38. The van der Waals surface area contributed by atoms with Crippen LogP contribution in [0.3, 0.4) is 0 Å². The first-order valence-corrected chi connectivity index (χ1v) is 5.35. The van der Waals surface area contributed by atoms with Gasteiger partial charge in [-0.25, -0.2) is 8.78 Å². The molecule has 0 fully saturated rings. The number of ether oxygens (including phenoxy) is 1. The van der Waals surface area contributed by atoms with Crippen molar-refractivity contribution < 1.29 is 31.5 Å². The minimum Gasteiger partial charge on any atom is -0.469 e. The molecule has 20 heavy (non-hydrogen) atoms. The monoisotopic (exact) mass is 298 g/mol. The summed E-state index contributed by atoms with van der Waals surface area (Å²) in [6.07, 6.45) is -8.18. The van der Waals surface area contributed by atoms with Gasteiger partial charge in [-0.3, -0.25) is 9.78 Å². The largest absolute Gasteiger partial charge is 0.469 e. The summed E-state index contributed by atoms with van der Waals surface area (Å²) in [5, 5.41) is 0. The third-order valence-corrected chi connectivity index (χ3v) is 2.56. The number of esters is 1. The van der Waals surface area contributed by atoms with Crippen LogP contribution < -0.4 is 5.73 Å². The summed E-state index contributed by atoms with van der Waals surface area (Å²) < 4.78 is 68.3. The van der Waals surface area contributed by atoms with Crippen molar-refractivity contribution in [2.24, 2.45) is 5.73 Å². The molecule has 0 saturated heterocycles. The van der Waals surface area contributed by atoms with E-state index in [0.717, 1.165) is 13.3 Å². The maximum absolute atomic E-state index is 12.9. The molecule has 0 aliphatic heterocycles. The summed E-state index contributed by atoms with van der Waals surface area (Å²) in [6, 6.07) is 0. The van der Waals surface area contributed by atoms with Crippen LogP contribution in [0.4, 0.5) is 22.0 Å². The second-order valence-corrected chi connectivity index (χ2v) is 3.78. The van der Waals surface area contributed by atoms with E-state index in [1.807, 2.05) is 0 Å². The molecule has 0 unspecified atom stereocenters. The topological polar surface area (TPSA) is 65.2 Å². The van der Waals surface area contributed by atoms with Gasteiger partial charge in [-0.15, -0.1) is 0 Å². The molecule has 112 valence electrons. The Morgan fingerprint density at radius 2 is 2.05 bits per heavy atom. The van der Waals surface area contributed by atoms with Crippen molar-refractivity contribution in [3.05, 3.63) is 28.6 Å². The highest BCUT2D eigenvalue weighted by atomic mass is 19.4. The first-order chi connectivity index (χ1) is 9.22. The number of methoxy groups -OCH3 is 1. The number of pyridine rings is 1. The minimum atomic E-state index is -5.04. The lowest BCUT2D eigenvalue weighted by Gasteiger charge is -2.18. The van der Waals surface area contributed by atoms with Crippen molar-refractivity contribution in [1.82, 2.24) is 4.98 Å². The summed E-state index contributed by atoms with van der Waals surface area (Å²) in [5.74, 6) is -0.820. The molecule has 0 aromatic carbocycles. The standard InChI is InChI=1S/C11H11F5N2O2/c1-20-7(19)2-5-4-18-9(10(12)13)8(6(5)3-17)11(14,15)16/h4,10H,2-3,17H2,1H3. The Morgan fingerprint density at radius 3 is 2.45 bits per heavy atom. The average Bonchev–Trinajstić information content (AvgIpc) is 2.36. The number of hydrogen-bond donors (Lipinski definition) is 1. The van der Waals surface area contributed by atoms with E-state index in [1.54, 1.807) is 0 Å². The molecule has 0 aliphatic carbocycles. The fourth-order valence-corrected chi connectivity index (χ4v) is 1.70. The fourth-order valence-electron chi connectivity index (χ4n) is 1.70. The number of aromatic nitrogens is 1. The lowest BCUT2D eigenvalue weighted by Crippen LogP contribution is -2.20. The molecule has 0 aliphatic rings. The van der Waals surface area contributed by atoms with Crippen LogP contribution in [0.5, 0.6) is 0 Å². The normalized spacial score (nSPS) is 11.8. The van der Waals surface area contributed by atoms with Gasteiger partial charge >= 0.3 is 12.1 Å². The molecule has 2 N–H and O–H groups in total. The van der Waals surface area contributed by atoms with Crippen molar-refractivity contribution in [3.63, 3.8) is 0 Å². The van der Waals surface area contributed by atoms with Crippen LogP contribution in [-0.4, -0.2) is 18.1 Å². The zero-order valence-corrected chi connectivity index (χ0v) is 10.3.